The zero-order valence-electron chi connectivity index (χ0n) is 12.4. The molecule has 2 aromatic rings. The molecule has 116 valence electrons. The van der Waals surface area contributed by atoms with Crippen LogP contribution in [0.5, 0.6) is 23.0 Å². The summed E-state index contributed by atoms with van der Waals surface area (Å²) in [7, 11) is 1.66. The fourth-order valence-electron chi connectivity index (χ4n) is 2.18. The number of ether oxygens (including phenoxy) is 5. The van der Waals surface area contributed by atoms with E-state index < -0.39 is 0 Å². The predicted molar refractivity (Wildman–Crippen MR) is 80.8 cm³/mol. The summed E-state index contributed by atoms with van der Waals surface area (Å²) in [6.45, 7) is 1.48. The smallest absolute Gasteiger partial charge is 0.231 e. The van der Waals surface area contributed by atoms with E-state index in [2.05, 4.69) is 0 Å². The van der Waals surface area contributed by atoms with Crippen LogP contribution in [0, 0.1) is 0 Å². The van der Waals surface area contributed by atoms with Crippen molar-refractivity contribution >= 4 is 0 Å². The molecular formula is C17H18O5. The summed E-state index contributed by atoms with van der Waals surface area (Å²) in [5.74, 6) is 3.31. The number of benzene rings is 2. The van der Waals surface area contributed by atoms with Crippen molar-refractivity contribution in [3.63, 3.8) is 0 Å². The van der Waals surface area contributed by atoms with E-state index in [1.165, 1.54) is 0 Å². The molecule has 2 aliphatic rings. The minimum Gasteiger partial charge on any atom is -0.486 e. The Morgan fingerprint density at radius 1 is 0.864 bits per heavy atom. The molecule has 1 unspecified atom stereocenters. The topological polar surface area (TPSA) is 46.2 Å². The summed E-state index contributed by atoms with van der Waals surface area (Å²) in [6, 6.07) is 15.3. The van der Waals surface area contributed by atoms with Crippen LogP contribution in [0.3, 0.4) is 0 Å². The zero-order chi connectivity index (χ0) is 15.2. The predicted octanol–water partition coefficient (Wildman–Crippen LogP) is 2.89. The van der Waals surface area contributed by atoms with Gasteiger partial charge in [0.15, 0.2) is 29.1 Å². The van der Waals surface area contributed by atoms with Crippen LogP contribution in [0.15, 0.2) is 48.5 Å². The van der Waals surface area contributed by atoms with Crippen LogP contribution in [0.1, 0.15) is 0 Å². The third-order valence-corrected chi connectivity index (χ3v) is 3.20. The Balaban J connectivity index is 0.000000139. The van der Waals surface area contributed by atoms with Crippen molar-refractivity contribution in [2.45, 2.75) is 6.10 Å². The minimum absolute atomic E-state index is 0.0138. The third-order valence-electron chi connectivity index (χ3n) is 3.20. The molecule has 0 aromatic heterocycles. The molecule has 0 radical (unpaired) electrons. The monoisotopic (exact) mass is 302 g/mol. The molecule has 1 atom stereocenters. The van der Waals surface area contributed by atoms with Gasteiger partial charge in [-0.15, -0.1) is 0 Å². The molecule has 5 nitrogen and oxygen atoms in total. The minimum atomic E-state index is 0.0138. The second-order valence-electron chi connectivity index (χ2n) is 4.81. The summed E-state index contributed by atoms with van der Waals surface area (Å²) >= 11 is 0. The lowest BCUT2D eigenvalue weighted by molar-refractivity contribution is 0.0272. The molecule has 0 aliphatic carbocycles. The SMILES string of the molecule is COCC1COc2ccccc2O1.c1ccc2c(c1)OCO2. The molecule has 2 aromatic carbocycles. The number of methoxy groups -OCH3 is 1. The lowest BCUT2D eigenvalue weighted by atomic mass is 10.3. The Morgan fingerprint density at radius 2 is 1.41 bits per heavy atom. The largest absolute Gasteiger partial charge is 0.486 e. The Hall–Kier alpha value is -2.40. The Morgan fingerprint density at radius 3 is 2.00 bits per heavy atom. The Labute approximate surface area is 129 Å². The quantitative estimate of drug-likeness (QED) is 0.853. The summed E-state index contributed by atoms with van der Waals surface area (Å²) in [5.41, 5.74) is 0. The summed E-state index contributed by atoms with van der Waals surface area (Å²) in [6.07, 6.45) is 0.0138. The van der Waals surface area contributed by atoms with Crippen molar-refractivity contribution < 1.29 is 23.7 Å². The van der Waals surface area contributed by atoms with E-state index in [9.17, 15) is 0 Å². The van der Waals surface area contributed by atoms with Gasteiger partial charge < -0.3 is 23.7 Å². The van der Waals surface area contributed by atoms with E-state index >= 15 is 0 Å². The number of fused-ring (bicyclic) bond motifs is 2. The van der Waals surface area contributed by atoms with Gasteiger partial charge >= 0.3 is 0 Å². The molecular weight excluding hydrogens is 284 g/mol. The molecule has 22 heavy (non-hydrogen) atoms. The Bertz CT molecular complexity index is 591. The van der Waals surface area contributed by atoms with Crippen molar-refractivity contribution in [1.82, 2.24) is 0 Å². The van der Waals surface area contributed by atoms with Gasteiger partial charge in [0.25, 0.3) is 0 Å². The van der Waals surface area contributed by atoms with Crippen molar-refractivity contribution in [3.8, 4) is 23.0 Å². The molecule has 0 N–H and O–H groups in total. The highest BCUT2D eigenvalue weighted by Crippen LogP contribution is 2.31. The van der Waals surface area contributed by atoms with Gasteiger partial charge in [-0.1, -0.05) is 24.3 Å². The van der Waals surface area contributed by atoms with E-state index in [1.54, 1.807) is 7.11 Å². The van der Waals surface area contributed by atoms with Gasteiger partial charge in [0.05, 0.1) is 6.61 Å². The van der Waals surface area contributed by atoms with E-state index in [0.29, 0.717) is 20.0 Å². The molecule has 2 aliphatic heterocycles. The van der Waals surface area contributed by atoms with Crippen LogP contribution in [-0.4, -0.2) is 33.2 Å². The lowest BCUT2D eigenvalue weighted by Gasteiger charge is -2.25. The maximum atomic E-state index is 5.62. The van der Waals surface area contributed by atoms with Crippen molar-refractivity contribution in [2.75, 3.05) is 27.1 Å². The van der Waals surface area contributed by atoms with Crippen LogP contribution >= 0.6 is 0 Å². The van der Waals surface area contributed by atoms with Crippen molar-refractivity contribution in [2.24, 2.45) is 0 Å². The fraction of sp³-hybridized carbons (Fsp3) is 0.294. The molecule has 0 amide bonds. The average Bonchev–Trinajstić information content (AvgIpc) is 3.04. The molecule has 0 saturated carbocycles. The maximum absolute atomic E-state index is 5.62. The number of hydrogen-bond acceptors (Lipinski definition) is 5. The van der Waals surface area contributed by atoms with Gasteiger partial charge in [-0.3, -0.25) is 0 Å². The van der Waals surface area contributed by atoms with E-state index in [0.717, 1.165) is 23.0 Å². The molecule has 0 fully saturated rings. The highest BCUT2D eigenvalue weighted by Gasteiger charge is 2.19. The first-order chi connectivity index (χ1) is 10.9. The molecule has 0 saturated heterocycles. The average molecular weight is 302 g/mol. The van der Waals surface area contributed by atoms with E-state index in [4.69, 9.17) is 23.7 Å². The van der Waals surface area contributed by atoms with Crippen LogP contribution in [-0.2, 0) is 4.74 Å². The summed E-state index contributed by atoms with van der Waals surface area (Å²) < 4.78 is 26.2. The van der Waals surface area contributed by atoms with Crippen LogP contribution in [0.4, 0.5) is 0 Å². The molecule has 0 spiro atoms. The standard InChI is InChI=1S/C10H12O3.C7H6O2/c1-11-6-8-7-12-9-4-2-3-5-10(9)13-8;1-2-4-7-6(3-1)8-5-9-7/h2-5,8H,6-7H2,1H3;1-4H,5H2. The van der Waals surface area contributed by atoms with Gasteiger partial charge in [-0.2, -0.15) is 0 Å². The second kappa shape index (κ2) is 7.04. The van der Waals surface area contributed by atoms with Gasteiger partial charge in [0, 0.05) is 7.11 Å². The van der Waals surface area contributed by atoms with Gasteiger partial charge in [0.2, 0.25) is 6.79 Å². The summed E-state index contributed by atoms with van der Waals surface area (Å²) in [5, 5.41) is 0. The van der Waals surface area contributed by atoms with Crippen LogP contribution in [0.2, 0.25) is 0 Å². The zero-order valence-corrected chi connectivity index (χ0v) is 12.4. The normalized spacial score (nSPS) is 17.4. The fourth-order valence-corrected chi connectivity index (χ4v) is 2.18. The maximum Gasteiger partial charge on any atom is 0.231 e. The van der Waals surface area contributed by atoms with Gasteiger partial charge in [-0.25, -0.2) is 0 Å². The first-order valence-electron chi connectivity index (χ1n) is 7.09. The first-order valence-corrected chi connectivity index (χ1v) is 7.09. The van der Waals surface area contributed by atoms with Gasteiger partial charge in [-0.05, 0) is 24.3 Å². The highest BCUT2D eigenvalue weighted by molar-refractivity contribution is 5.41. The number of rotatable bonds is 2. The van der Waals surface area contributed by atoms with E-state index in [1.807, 2.05) is 48.5 Å². The summed E-state index contributed by atoms with van der Waals surface area (Å²) in [4.78, 5) is 0. The highest BCUT2D eigenvalue weighted by atomic mass is 16.7. The molecule has 2 heterocycles. The van der Waals surface area contributed by atoms with E-state index in [-0.39, 0.29) is 6.10 Å². The van der Waals surface area contributed by atoms with Crippen molar-refractivity contribution in [1.29, 1.82) is 0 Å². The van der Waals surface area contributed by atoms with Crippen molar-refractivity contribution in [3.05, 3.63) is 48.5 Å². The van der Waals surface area contributed by atoms with Gasteiger partial charge in [0.1, 0.15) is 6.61 Å². The molecule has 5 heteroatoms. The molecule has 0 bridgehead atoms. The molecule has 4 rings (SSSR count). The van der Waals surface area contributed by atoms with Crippen LogP contribution in [0.25, 0.3) is 0 Å². The number of hydrogen-bond donors (Lipinski definition) is 0. The third kappa shape index (κ3) is 3.43. The lowest BCUT2D eigenvalue weighted by Crippen LogP contribution is -2.32. The second-order valence-corrected chi connectivity index (χ2v) is 4.81. The Kier molecular flexibility index (Phi) is 4.65. The van der Waals surface area contributed by atoms with Crippen LogP contribution < -0.4 is 18.9 Å². The first kappa shape index (κ1) is 14.5. The number of para-hydroxylation sites is 4.